The van der Waals surface area contributed by atoms with Crippen LogP contribution in [-0.4, -0.2) is 39.0 Å². The maximum Gasteiger partial charge on any atom is 0.322 e. The lowest BCUT2D eigenvalue weighted by atomic mass is 10.1. The maximum absolute atomic E-state index is 13.7. The highest BCUT2D eigenvalue weighted by atomic mass is 32.1. The summed E-state index contributed by atoms with van der Waals surface area (Å²) < 4.78 is 29.2. The van der Waals surface area contributed by atoms with Crippen LogP contribution in [0.5, 0.6) is 0 Å². The number of urea groups is 1. The summed E-state index contributed by atoms with van der Waals surface area (Å²) in [6.07, 6.45) is 3.30. The van der Waals surface area contributed by atoms with E-state index in [2.05, 4.69) is 15.6 Å². The van der Waals surface area contributed by atoms with Crippen LogP contribution in [0, 0.1) is 11.6 Å². The van der Waals surface area contributed by atoms with Crippen molar-refractivity contribution < 1.29 is 13.6 Å². The second-order valence-corrected chi connectivity index (χ2v) is 7.12. The van der Waals surface area contributed by atoms with Crippen molar-refractivity contribution in [3.05, 3.63) is 52.9 Å². The largest absolute Gasteiger partial charge is 0.324 e. The van der Waals surface area contributed by atoms with Crippen LogP contribution in [0.1, 0.15) is 18.9 Å². The molecule has 1 N–H and O–H groups in total. The van der Waals surface area contributed by atoms with Crippen molar-refractivity contribution in [2.45, 2.75) is 18.9 Å². The summed E-state index contributed by atoms with van der Waals surface area (Å²) in [4.78, 5) is 13.9. The highest BCUT2D eigenvalue weighted by Gasteiger charge is 2.26. The van der Waals surface area contributed by atoms with Crippen LogP contribution < -0.4 is 5.32 Å². The first-order valence-corrected chi connectivity index (χ1v) is 9.50. The lowest BCUT2D eigenvalue weighted by Gasteiger charge is -2.31. The number of carbonyl (C=O) groups is 1. The summed E-state index contributed by atoms with van der Waals surface area (Å²) in [6, 6.07) is 5.11. The van der Waals surface area contributed by atoms with Gasteiger partial charge >= 0.3 is 6.03 Å². The molecule has 1 aliphatic rings. The number of nitrogens with zero attached hydrogens (tertiary/aromatic N) is 4. The van der Waals surface area contributed by atoms with Crippen LogP contribution in [0.25, 0.3) is 11.3 Å². The molecule has 0 atom stereocenters. The molecule has 0 spiro atoms. The van der Waals surface area contributed by atoms with E-state index in [1.807, 2.05) is 27.7 Å². The smallest absolute Gasteiger partial charge is 0.322 e. The summed E-state index contributed by atoms with van der Waals surface area (Å²) in [6.45, 7) is 0.945. The van der Waals surface area contributed by atoms with Crippen LogP contribution in [-0.2, 0) is 0 Å². The average molecular weight is 389 g/mol. The first-order chi connectivity index (χ1) is 13.1. The van der Waals surface area contributed by atoms with Gasteiger partial charge in [0.15, 0.2) is 0 Å². The lowest BCUT2D eigenvalue weighted by Crippen LogP contribution is -2.41. The SMILES string of the molecule is O=C(Nc1c(F)cccc1F)N1CCC(n2cc(-c3ccsc3)nn2)CC1. The quantitative estimate of drug-likeness (QED) is 0.732. The Hall–Kier alpha value is -2.81. The van der Waals surface area contributed by atoms with Crippen LogP contribution in [0.3, 0.4) is 0 Å². The van der Waals surface area contributed by atoms with E-state index in [1.54, 1.807) is 16.2 Å². The monoisotopic (exact) mass is 389 g/mol. The Labute approximate surface area is 158 Å². The van der Waals surface area contributed by atoms with Gasteiger partial charge in [-0.15, -0.1) is 5.10 Å². The number of anilines is 1. The number of para-hydroxylation sites is 1. The van der Waals surface area contributed by atoms with E-state index in [0.717, 1.165) is 23.4 Å². The molecule has 140 valence electrons. The fourth-order valence-corrected chi connectivity index (χ4v) is 3.78. The standard InChI is InChI=1S/C18H17F2N5OS/c19-14-2-1-3-15(20)17(14)21-18(26)24-7-4-13(5-8-24)25-10-16(22-23-25)12-6-9-27-11-12/h1-3,6,9-11,13H,4-5,7-8H2,(H,21,26). The number of rotatable bonds is 3. The Bertz CT molecular complexity index is 915. The number of hydrogen-bond donors (Lipinski definition) is 1. The molecule has 27 heavy (non-hydrogen) atoms. The molecule has 0 bridgehead atoms. The third-order valence-corrected chi connectivity index (χ3v) is 5.33. The second-order valence-electron chi connectivity index (χ2n) is 6.34. The molecule has 0 aliphatic carbocycles. The Morgan fingerprint density at radius 1 is 1.19 bits per heavy atom. The molecule has 2 amide bonds. The zero-order valence-electron chi connectivity index (χ0n) is 14.3. The molecular formula is C18H17F2N5OS. The van der Waals surface area contributed by atoms with Gasteiger partial charge in [-0.2, -0.15) is 11.3 Å². The number of hydrogen-bond acceptors (Lipinski definition) is 4. The molecule has 3 aromatic rings. The van der Waals surface area contributed by atoms with Crippen molar-refractivity contribution in [2.75, 3.05) is 18.4 Å². The van der Waals surface area contributed by atoms with Crippen molar-refractivity contribution in [2.24, 2.45) is 0 Å². The number of piperidine rings is 1. The first kappa shape index (κ1) is 17.6. The van der Waals surface area contributed by atoms with Crippen LogP contribution in [0.2, 0.25) is 0 Å². The van der Waals surface area contributed by atoms with Crippen molar-refractivity contribution in [3.63, 3.8) is 0 Å². The Morgan fingerprint density at radius 2 is 1.93 bits per heavy atom. The van der Waals surface area contributed by atoms with Crippen molar-refractivity contribution in [3.8, 4) is 11.3 Å². The number of likely N-dealkylation sites (tertiary alicyclic amines) is 1. The van der Waals surface area contributed by atoms with Crippen molar-refractivity contribution in [1.82, 2.24) is 19.9 Å². The van der Waals surface area contributed by atoms with Crippen LogP contribution in [0.4, 0.5) is 19.3 Å². The first-order valence-electron chi connectivity index (χ1n) is 8.56. The van der Waals surface area contributed by atoms with Crippen LogP contribution >= 0.6 is 11.3 Å². The molecule has 6 nitrogen and oxygen atoms in total. The van der Waals surface area contributed by atoms with Gasteiger partial charge in [0.25, 0.3) is 0 Å². The molecular weight excluding hydrogens is 372 g/mol. The summed E-state index contributed by atoms with van der Waals surface area (Å²) in [5, 5.41) is 14.8. The minimum Gasteiger partial charge on any atom is -0.324 e. The number of aromatic nitrogens is 3. The summed E-state index contributed by atoms with van der Waals surface area (Å²) >= 11 is 1.60. The number of carbonyl (C=O) groups excluding carboxylic acids is 1. The molecule has 0 unspecified atom stereocenters. The molecule has 4 rings (SSSR count). The highest BCUT2D eigenvalue weighted by Crippen LogP contribution is 2.26. The van der Waals surface area contributed by atoms with Gasteiger partial charge in [0.2, 0.25) is 0 Å². The minimum absolute atomic E-state index is 0.138. The van der Waals surface area contributed by atoms with E-state index < -0.39 is 23.4 Å². The molecule has 1 fully saturated rings. The molecule has 0 saturated carbocycles. The predicted molar refractivity (Wildman–Crippen MR) is 98.6 cm³/mol. The van der Waals surface area contributed by atoms with Crippen molar-refractivity contribution >= 4 is 23.1 Å². The number of benzene rings is 1. The molecule has 1 aliphatic heterocycles. The van der Waals surface area contributed by atoms with E-state index >= 15 is 0 Å². The molecule has 0 radical (unpaired) electrons. The summed E-state index contributed by atoms with van der Waals surface area (Å²) in [5.41, 5.74) is 1.45. The zero-order chi connectivity index (χ0) is 18.8. The molecule has 9 heteroatoms. The number of nitrogens with one attached hydrogen (secondary N) is 1. The Kier molecular flexibility index (Phi) is 4.85. The fraction of sp³-hybridized carbons (Fsp3) is 0.278. The highest BCUT2D eigenvalue weighted by molar-refractivity contribution is 7.08. The average Bonchev–Trinajstić information content (AvgIpc) is 3.36. The molecule has 2 aromatic heterocycles. The number of amides is 2. The van der Waals surface area contributed by atoms with Gasteiger partial charge < -0.3 is 10.2 Å². The third-order valence-electron chi connectivity index (χ3n) is 4.65. The van der Waals surface area contributed by atoms with E-state index in [1.165, 1.54) is 6.07 Å². The van der Waals surface area contributed by atoms with E-state index in [0.29, 0.717) is 25.9 Å². The zero-order valence-corrected chi connectivity index (χ0v) is 15.1. The predicted octanol–water partition coefficient (Wildman–Crippen LogP) is 4.15. The Morgan fingerprint density at radius 3 is 2.59 bits per heavy atom. The van der Waals surface area contributed by atoms with E-state index in [-0.39, 0.29) is 6.04 Å². The minimum atomic E-state index is -0.790. The van der Waals surface area contributed by atoms with Gasteiger partial charge in [-0.25, -0.2) is 18.3 Å². The second kappa shape index (κ2) is 7.43. The summed E-state index contributed by atoms with van der Waals surface area (Å²) in [5.74, 6) is -1.58. The molecule has 1 aromatic carbocycles. The van der Waals surface area contributed by atoms with Crippen LogP contribution in [0.15, 0.2) is 41.2 Å². The normalized spacial score (nSPS) is 15.1. The van der Waals surface area contributed by atoms with Gasteiger partial charge in [-0.05, 0) is 36.4 Å². The molecule has 3 heterocycles. The number of halogens is 2. The van der Waals surface area contributed by atoms with E-state index in [4.69, 9.17) is 0 Å². The maximum atomic E-state index is 13.7. The summed E-state index contributed by atoms with van der Waals surface area (Å²) in [7, 11) is 0. The van der Waals surface area contributed by atoms with Gasteiger partial charge in [0.1, 0.15) is 23.0 Å². The van der Waals surface area contributed by atoms with Gasteiger partial charge in [0, 0.05) is 24.0 Å². The van der Waals surface area contributed by atoms with Gasteiger partial charge in [0.05, 0.1) is 12.2 Å². The number of thiophene rings is 1. The topological polar surface area (TPSA) is 63.1 Å². The molecule has 1 saturated heterocycles. The van der Waals surface area contributed by atoms with Gasteiger partial charge in [-0.3, -0.25) is 0 Å². The van der Waals surface area contributed by atoms with E-state index in [9.17, 15) is 13.6 Å². The fourth-order valence-electron chi connectivity index (χ4n) is 3.13. The Balaban J connectivity index is 1.37. The van der Waals surface area contributed by atoms with Gasteiger partial charge in [-0.1, -0.05) is 11.3 Å². The van der Waals surface area contributed by atoms with Crippen molar-refractivity contribution in [1.29, 1.82) is 0 Å². The lowest BCUT2D eigenvalue weighted by molar-refractivity contribution is 0.179. The third kappa shape index (κ3) is 3.68.